The number of rotatable bonds is 1. The number of piperazine rings is 1. The highest BCUT2D eigenvalue weighted by molar-refractivity contribution is 6.41. The molecule has 1 aliphatic heterocycles. The van der Waals surface area contributed by atoms with E-state index in [9.17, 15) is 31.1 Å². The maximum atomic E-state index is 12.6. The summed E-state index contributed by atoms with van der Waals surface area (Å²) in [7, 11) is 4.91. The van der Waals surface area contributed by atoms with Crippen molar-refractivity contribution >= 4 is 29.6 Å². The molecule has 1 atom stereocenters. The van der Waals surface area contributed by atoms with Crippen LogP contribution in [0.2, 0.25) is 0 Å². The van der Waals surface area contributed by atoms with Crippen LogP contribution in [-0.2, 0) is 4.74 Å². The van der Waals surface area contributed by atoms with Gasteiger partial charge < -0.3 is 14.5 Å². The predicted octanol–water partition coefficient (Wildman–Crippen LogP) is -0.0885. The van der Waals surface area contributed by atoms with Crippen molar-refractivity contribution in [3.8, 4) is 0 Å². The normalized spacial score (nSPS) is 23.0. The van der Waals surface area contributed by atoms with Crippen LogP contribution < -0.4 is 0 Å². The molecular formula is C12H21B3F6N2O2. The van der Waals surface area contributed by atoms with Gasteiger partial charge in [0.1, 0.15) is 23.5 Å². The summed E-state index contributed by atoms with van der Waals surface area (Å²) in [5.74, 6) is -0.254. The van der Waals surface area contributed by atoms with Crippen molar-refractivity contribution in [2.75, 3.05) is 13.1 Å². The van der Waals surface area contributed by atoms with Gasteiger partial charge in [0.05, 0.1) is 0 Å². The molecule has 0 saturated carbocycles. The summed E-state index contributed by atoms with van der Waals surface area (Å²) in [6.45, 7) is 6.08. The minimum absolute atomic E-state index is 0.0362. The third-order valence-electron chi connectivity index (χ3n) is 4.16. The maximum absolute atomic E-state index is 12.6. The summed E-state index contributed by atoms with van der Waals surface area (Å²) < 4.78 is 79.5. The van der Waals surface area contributed by atoms with Crippen LogP contribution in [0.4, 0.5) is 31.1 Å². The van der Waals surface area contributed by atoms with Crippen molar-refractivity contribution in [2.45, 2.75) is 56.0 Å². The van der Waals surface area contributed by atoms with Crippen LogP contribution in [0.1, 0.15) is 20.8 Å². The maximum Gasteiger partial charge on any atom is 0.434 e. The standard InChI is InChI=1S/C12H21B3F6N2O2/c1-9(2,3)23-5-10(14,15)22(4-6(23)13)8(24)25-7(11(16,17)18)12(19,20)21/h6-7H,4-5,13-15H2,1-3H3. The van der Waals surface area contributed by atoms with Crippen molar-refractivity contribution < 1.29 is 35.9 Å². The molecule has 25 heavy (non-hydrogen) atoms. The zero-order valence-electron chi connectivity index (χ0n) is 15.0. The van der Waals surface area contributed by atoms with E-state index >= 15 is 0 Å². The van der Waals surface area contributed by atoms with Crippen LogP contribution in [0.5, 0.6) is 0 Å². The van der Waals surface area contributed by atoms with E-state index in [1.165, 1.54) is 0 Å². The molecule has 0 aromatic carbocycles. The zero-order chi connectivity index (χ0) is 20.0. The number of halogens is 6. The quantitative estimate of drug-likeness (QED) is 0.477. The van der Waals surface area contributed by atoms with Gasteiger partial charge in [-0.25, -0.2) is 4.79 Å². The Hall–Kier alpha value is -0.995. The van der Waals surface area contributed by atoms with Gasteiger partial charge in [-0.3, -0.25) is 0 Å². The smallest absolute Gasteiger partial charge is 0.426 e. The van der Waals surface area contributed by atoms with Crippen molar-refractivity contribution in [3.05, 3.63) is 0 Å². The fraction of sp³-hybridized carbons (Fsp3) is 0.917. The summed E-state index contributed by atoms with van der Waals surface area (Å²) in [6, 6.07) is 0. The average molecular weight is 372 g/mol. The summed E-state index contributed by atoms with van der Waals surface area (Å²) in [5, 5.41) is -0.987. The van der Waals surface area contributed by atoms with Gasteiger partial charge in [0.15, 0.2) is 0 Å². The van der Waals surface area contributed by atoms with Crippen LogP contribution in [0.25, 0.3) is 0 Å². The second-order valence-electron chi connectivity index (χ2n) is 7.92. The number of nitrogens with zero attached hydrogens (tertiary/aromatic N) is 2. The Morgan fingerprint density at radius 1 is 1.12 bits per heavy atom. The van der Waals surface area contributed by atoms with E-state index in [0.29, 0.717) is 0 Å². The van der Waals surface area contributed by atoms with Crippen LogP contribution in [0.3, 0.4) is 0 Å². The van der Waals surface area contributed by atoms with E-state index in [1.807, 2.05) is 25.7 Å². The van der Waals surface area contributed by atoms with Gasteiger partial charge >= 0.3 is 18.4 Å². The van der Waals surface area contributed by atoms with Gasteiger partial charge in [-0.2, -0.15) is 26.3 Å². The lowest BCUT2D eigenvalue weighted by molar-refractivity contribution is -0.308. The lowest BCUT2D eigenvalue weighted by Gasteiger charge is -2.54. The molecule has 142 valence electrons. The molecule has 13 heteroatoms. The minimum Gasteiger partial charge on any atom is -0.426 e. The van der Waals surface area contributed by atoms with Crippen molar-refractivity contribution in [1.82, 2.24) is 9.80 Å². The first-order chi connectivity index (χ1) is 10.9. The summed E-state index contributed by atoms with van der Waals surface area (Å²) in [5.41, 5.74) is -0.271. The number of carbonyl (C=O) groups excluding carboxylic acids is 1. The summed E-state index contributed by atoms with van der Waals surface area (Å²) in [4.78, 5) is 15.1. The number of ether oxygens (including phenoxy) is 1. The largest absolute Gasteiger partial charge is 0.434 e. The van der Waals surface area contributed by atoms with Crippen LogP contribution in [0, 0.1) is 0 Å². The average Bonchev–Trinajstić information content (AvgIpc) is 2.33. The fourth-order valence-electron chi connectivity index (χ4n) is 2.97. The SMILES string of the molecule is BC1CN(C(=O)OC(C(F)(F)F)C(F)(F)F)C(B)(B)CN1C(C)(C)C. The van der Waals surface area contributed by atoms with Gasteiger partial charge in [0, 0.05) is 18.6 Å². The fourth-order valence-corrected chi connectivity index (χ4v) is 2.97. The first kappa shape index (κ1) is 22.0. The van der Waals surface area contributed by atoms with E-state index in [4.69, 9.17) is 0 Å². The van der Waals surface area contributed by atoms with E-state index in [2.05, 4.69) is 4.74 Å². The molecule has 0 spiro atoms. The second kappa shape index (κ2) is 6.62. The van der Waals surface area contributed by atoms with Crippen molar-refractivity contribution in [1.29, 1.82) is 0 Å². The molecule has 0 aromatic heterocycles. The Morgan fingerprint density at radius 2 is 1.56 bits per heavy atom. The van der Waals surface area contributed by atoms with E-state index in [-0.39, 0.29) is 24.6 Å². The molecule has 1 saturated heterocycles. The lowest BCUT2D eigenvalue weighted by atomic mass is 9.58. The first-order valence-corrected chi connectivity index (χ1v) is 7.76. The van der Waals surface area contributed by atoms with Gasteiger partial charge in [-0.05, 0) is 32.1 Å². The van der Waals surface area contributed by atoms with Crippen LogP contribution in [-0.4, -0.2) is 87.8 Å². The molecular weight excluding hydrogens is 351 g/mol. The first-order valence-electron chi connectivity index (χ1n) is 7.76. The van der Waals surface area contributed by atoms with Crippen molar-refractivity contribution in [2.24, 2.45) is 0 Å². The number of hydrogen-bond acceptors (Lipinski definition) is 3. The third-order valence-corrected chi connectivity index (χ3v) is 4.16. The van der Waals surface area contributed by atoms with Crippen LogP contribution >= 0.6 is 0 Å². The topological polar surface area (TPSA) is 32.8 Å². The molecule has 0 aromatic rings. The highest BCUT2D eigenvalue weighted by Crippen LogP contribution is 2.37. The number of amides is 1. The molecule has 1 unspecified atom stereocenters. The van der Waals surface area contributed by atoms with Crippen molar-refractivity contribution in [3.63, 3.8) is 0 Å². The summed E-state index contributed by atoms with van der Waals surface area (Å²) >= 11 is 0. The monoisotopic (exact) mass is 372 g/mol. The lowest BCUT2D eigenvalue weighted by Crippen LogP contribution is -2.71. The van der Waals surface area contributed by atoms with Gasteiger partial charge in [0.2, 0.25) is 0 Å². The Labute approximate surface area is 145 Å². The molecule has 0 radical (unpaired) electrons. The summed E-state index contributed by atoms with van der Waals surface area (Å²) in [6.07, 6.45) is -17.2. The van der Waals surface area contributed by atoms with Gasteiger partial charge in [-0.15, -0.1) is 0 Å². The molecule has 0 aliphatic carbocycles. The molecule has 1 fully saturated rings. The predicted molar refractivity (Wildman–Crippen MR) is 87.7 cm³/mol. The Kier molecular flexibility index (Phi) is 5.84. The van der Waals surface area contributed by atoms with Gasteiger partial charge in [-0.1, -0.05) is 0 Å². The number of hydrogen-bond donors (Lipinski definition) is 0. The highest BCUT2D eigenvalue weighted by atomic mass is 19.4. The second-order valence-corrected chi connectivity index (χ2v) is 7.92. The van der Waals surface area contributed by atoms with Gasteiger partial charge in [0.25, 0.3) is 6.10 Å². The highest BCUT2D eigenvalue weighted by Gasteiger charge is 2.60. The molecule has 1 heterocycles. The Balaban J connectivity index is 3.02. The Morgan fingerprint density at radius 3 is 1.92 bits per heavy atom. The molecule has 0 bridgehead atoms. The zero-order valence-corrected chi connectivity index (χ0v) is 15.0. The molecule has 0 N–H and O–H groups in total. The van der Waals surface area contributed by atoms with E-state index < -0.39 is 29.9 Å². The minimum atomic E-state index is -5.73. The third kappa shape index (κ3) is 5.24. The number of alkyl halides is 6. The molecule has 1 aliphatic rings. The number of carbonyl (C=O) groups is 1. The van der Waals surface area contributed by atoms with E-state index in [1.54, 1.807) is 23.5 Å². The molecule has 4 nitrogen and oxygen atoms in total. The molecule has 1 rings (SSSR count). The Bertz CT molecular complexity index is 493. The van der Waals surface area contributed by atoms with Crippen LogP contribution in [0.15, 0.2) is 0 Å². The van der Waals surface area contributed by atoms with E-state index in [0.717, 1.165) is 4.90 Å². The molecule has 1 amide bonds.